The molecule has 31 heavy (non-hydrogen) atoms. The Morgan fingerprint density at radius 1 is 1.13 bits per heavy atom. The molecule has 0 bridgehead atoms. The van der Waals surface area contributed by atoms with Crippen molar-refractivity contribution >= 4 is 23.5 Å². The Labute approximate surface area is 183 Å². The number of anilines is 1. The highest BCUT2D eigenvalue weighted by atomic mass is 35.5. The van der Waals surface area contributed by atoms with Gasteiger partial charge < -0.3 is 26.0 Å². The standard InChI is InChI=1S/C22H21ClN4O4/c23-21-25-9-16(20(24)27-21)19(29)18(28)10-26-22(30)31-11-17-14-7-3-1-5-12(14)13-6-2-4-8-15(13)17/h1-9,17-19,28-29H,10-11H2,(H,26,30)(H2,24,25,27). The van der Waals surface area contributed by atoms with E-state index in [4.69, 9.17) is 22.1 Å². The number of ether oxygens (including phenoxy) is 1. The van der Waals surface area contributed by atoms with Crippen molar-refractivity contribution in [1.29, 1.82) is 0 Å². The van der Waals surface area contributed by atoms with Crippen molar-refractivity contribution in [3.63, 3.8) is 0 Å². The van der Waals surface area contributed by atoms with Crippen LogP contribution in [0.2, 0.25) is 5.28 Å². The van der Waals surface area contributed by atoms with E-state index in [-0.39, 0.29) is 35.7 Å². The molecule has 2 unspecified atom stereocenters. The first-order valence-corrected chi connectivity index (χ1v) is 10.1. The van der Waals surface area contributed by atoms with Gasteiger partial charge in [0.25, 0.3) is 0 Å². The van der Waals surface area contributed by atoms with Crippen LogP contribution in [0.1, 0.15) is 28.7 Å². The summed E-state index contributed by atoms with van der Waals surface area (Å²) in [6.45, 7) is -0.101. The van der Waals surface area contributed by atoms with Crippen LogP contribution in [0, 0.1) is 0 Å². The number of nitrogens with one attached hydrogen (secondary N) is 1. The first kappa shape index (κ1) is 21.0. The van der Waals surface area contributed by atoms with Crippen molar-refractivity contribution in [2.24, 2.45) is 0 Å². The third kappa shape index (κ3) is 4.32. The van der Waals surface area contributed by atoms with Gasteiger partial charge in [-0.1, -0.05) is 48.5 Å². The second-order valence-electron chi connectivity index (χ2n) is 7.20. The molecule has 8 nitrogen and oxygen atoms in total. The summed E-state index contributed by atoms with van der Waals surface area (Å²) in [4.78, 5) is 19.7. The molecular formula is C22H21ClN4O4. The molecule has 1 amide bonds. The number of carbonyl (C=O) groups excluding carboxylic acids is 1. The number of nitrogens with zero attached hydrogens (tertiary/aromatic N) is 2. The van der Waals surface area contributed by atoms with Crippen LogP contribution in [0.4, 0.5) is 10.6 Å². The molecule has 1 heterocycles. The molecule has 5 N–H and O–H groups in total. The lowest BCUT2D eigenvalue weighted by Gasteiger charge is -2.20. The first-order chi connectivity index (χ1) is 15.0. The third-order valence-electron chi connectivity index (χ3n) is 5.30. The molecular weight excluding hydrogens is 420 g/mol. The van der Waals surface area contributed by atoms with Crippen LogP contribution in [0.25, 0.3) is 11.1 Å². The molecule has 0 fully saturated rings. The van der Waals surface area contributed by atoms with Gasteiger partial charge in [0.2, 0.25) is 5.28 Å². The SMILES string of the molecule is Nc1nc(Cl)ncc1C(O)C(O)CNC(=O)OCC1c2ccccc2-c2ccccc21. The average Bonchev–Trinajstić information content (AvgIpc) is 3.09. The summed E-state index contributed by atoms with van der Waals surface area (Å²) in [6, 6.07) is 16.0. The fraction of sp³-hybridized carbons (Fsp3) is 0.227. The van der Waals surface area contributed by atoms with Gasteiger partial charge in [-0.25, -0.2) is 14.8 Å². The van der Waals surface area contributed by atoms with Crippen LogP contribution in [-0.2, 0) is 4.74 Å². The summed E-state index contributed by atoms with van der Waals surface area (Å²) in [5.74, 6) is -0.118. The number of rotatable bonds is 6. The summed E-state index contributed by atoms with van der Waals surface area (Å²) in [6.07, 6.45) is -2.21. The number of aliphatic hydroxyl groups excluding tert-OH is 2. The minimum absolute atomic E-state index is 0.0484. The Bertz CT molecular complexity index is 1060. The van der Waals surface area contributed by atoms with Gasteiger partial charge in [-0.15, -0.1) is 0 Å². The molecule has 9 heteroatoms. The summed E-state index contributed by atoms with van der Waals surface area (Å²) in [5, 5.41) is 22.8. The fourth-order valence-electron chi connectivity index (χ4n) is 3.77. The average molecular weight is 441 g/mol. The molecule has 3 aromatic rings. The summed E-state index contributed by atoms with van der Waals surface area (Å²) in [5.41, 5.74) is 10.3. The zero-order chi connectivity index (χ0) is 22.0. The van der Waals surface area contributed by atoms with Crippen molar-refractivity contribution in [3.8, 4) is 11.1 Å². The van der Waals surface area contributed by atoms with Gasteiger partial charge in [0.15, 0.2) is 0 Å². The molecule has 0 saturated heterocycles. The largest absolute Gasteiger partial charge is 0.449 e. The van der Waals surface area contributed by atoms with Crippen molar-refractivity contribution in [1.82, 2.24) is 15.3 Å². The molecule has 0 radical (unpaired) electrons. The summed E-state index contributed by atoms with van der Waals surface area (Å²) in [7, 11) is 0. The van der Waals surface area contributed by atoms with Crippen molar-refractivity contribution in [2.75, 3.05) is 18.9 Å². The molecule has 2 atom stereocenters. The topological polar surface area (TPSA) is 131 Å². The van der Waals surface area contributed by atoms with Gasteiger partial charge in [0.1, 0.15) is 24.6 Å². The van der Waals surface area contributed by atoms with Crippen molar-refractivity contribution in [2.45, 2.75) is 18.1 Å². The van der Waals surface area contributed by atoms with Gasteiger partial charge in [0, 0.05) is 24.2 Å². The lowest BCUT2D eigenvalue weighted by Crippen LogP contribution is -2.36. The molecule has 4 rings (SSSR count). The van der Waals surface area contributed by atoms with E-state index in [1.807, 2.05) is 36.4 Å². The van der Waals surface area contributed by atoms with Crippen molar-refractivity contribution in [3.05, 3.63) is 76.7 Å². The maximum absolute atomic E-state index is 12.2. The van der Waals surface area contributed by atoms with Crippen LogP contribution >= 0.6 is 11.6 Å². The van der Waals surface area contributed by atoms with Gasteiger partial charge in [-0.05, 0) is 33.9 Å². The zero-order valence-corrected chi connectivity index (χ0v) is 17.2. The van der Waals surface area contributed by atoms with E-state index >= 15 is 0 Å². The number of halogens is 1. The quantitative estimate of drug-likeness (QED) is 0.433. The number of nitrogen functional groups attached to an aromatic ring is 1. The lowest BCUT2D eigenvalue weighted by atomic mass is 9.98. The van der Waals surface area contributed by atoms with E-state index in [2.05, 4.69) is 27.4 Å². The van der Waals surface area contributed by atoms with E-state index in [1.54, 1.807) is 0 Å². The Hall–Kier alpha value is -3.20. The molecule has 1 aromatic heterocycles. The van der Waals surface area contributed by atoms with E-state index in [0.29, 0.717) is 0 Å². The van der Waals surface area contributed by atoms with Gasteiger partial charge in [-0.3, -0.25) is 0 Å². The van der Waals surface area contributed by atoms with Crippen LogP contribution < -0.4 is 11.1 Å². The highest BCUT2D eigenvalue weighted by Crippen LogP contribution is 2.44. The number of hydrogen-bond acceptors (Lipinski definition) is 7. The Morgan fingerprint density at radius 3 is 2.35 bits per heavy atom. The predicted molar refractivity (Wildman–Crippen MR) is 115 cm³/mol. The maximum Gasteiger partial charge on any atom is 0.407 e. The van der Waals surface area contributed by atoms with E-state index in [9.17, 15) is 15.0 Å². The summed E-state index contributed by atoms with van der Waals surface area (Å²) < 4.78 is 5.41. The van der Waals surface area contributed by atoms with Crippen molar-refractivity contribution < 1.29 is 19.7 Å². The van der Waals surface area contributed by atoms with Crippen LogP contribution in [-0.4, -0.2) is 45.5 Å². The number of nitrogens with two attached hydrogens (primary N) is 1. The first-order valence-electron chi connectivity index (χ1n) is 9.68. The minimum Gasteiger partial charge on any atom is -0.449 e. The van der Waals surface area contributed by atoms with Crippen LogP contribution in [0.5, 0.6) is 0 Å². The molecule has 0 saturated carbocycles. The highest BCUT2D eigenvalue weighted by Gasteiger charge is 2.29. The molecule has 1 aliphatic rings. The van der Waals surface area contributed by atoms with E-state index < -0.39 is 18.3 Å². The number of benzene rings is 2. The second-order valence-corrected chi connectivity index (χ2v) is 7.54. The van der Waals surface area contributed by atoms with Crippen LogP contribution in [0.15, 0.2) is 54.7 Å². The molecule has 0 spiro atoms. The number of carbonyl (C=O) groups is 1. The van der Waals surface area contributed by atoms with Gasteiger partial charge in [-0.2, -0.15) is 0 Å². The number of fused-ring (bicyclic) bond motifs is 3. The second kappa shape index (κ2) is 8.89. The lowest BCUT2D eigenvalue weighted by molar-refractivity contribution is 0.0186. The number of alkyl carbamates (subject to hydrolysis) is 1. The fourth-order valence-corrected chi connectivity index (χ4v) is 3.91. The van der Waals surface area contributed by atoms with E-state index in [0.717, 1.165) is 22.3 Å². The van der Waals surface area contributed by atoms with E-state index in [1.165, 1.54) is 6.20 Å². The summed E-state index contributed by atoms with van der Waals surface area (Å²) >= 11 is 5.64. The monoisotopic (exact) mass is 440 g/mol. The minimum atomic E-state index is -1.40. The third-order valence-corrected chi connectivity index (χ3v) is 5.48. The number of aliphatic hydroxyl groups is 2. The number of hydrogen-bond donors (Lipinski definition) is 4. The zero-order valence-electron chi connectivity index (χ0n) is 16.4. The Kier molecular flexibility index (Phi) is 6.03. The smallest absolute Gasteiger partial charge is 0.407 e. The molecule has 160 valence electrons. The Balaban J connectivity index is 1.35. The normalized spacial score (nSPS) is 14.4. The molecule has 0 aliphatic heterocycles. The van der Waals surface area contributed by atoms with Gasteiger partial charge >= 0.3 is 6.09 Å². The maximum atomic E-state index is 12.2. The van der Waals surface area contributed by atoms with Crippen LogP contribution in [0.3, 0.4) is 0 Å². The predicted octanol–water partition coefficient (Wildman–Crippen LogP) is 2.65. The number of aromatic nitrogens is 2. The molecule has 1 aliphatic carbocycles. The molecule has 2 aromatic carbocycles. The van der Waals surface area contributed by atoms with Gasteiger partial charge in [0.05, 0.1) is 0 Å². The Morgan fingerprint density at radius 2 is 1.74 bits per heavy atom. The highest BCUT2D eigenvalue weighted by molar-refractivity contribution is 6.28. The number of amides is 1.